The number of nitrogens with one attached hydrogen (secondary N) is 1. The van der Waals surface area contributed by atoms with Gasteiger partial charge < -0.3 is 15.0 Å². The molecule has 0 aliphatic carbocycles. The number of nitrogens with zero attached hydrogens (tertiary/aromatic N) is 4. The molecule has 2 saturated heterocycles. The fourth-order valence-corrected chi connectivity index (χ4v) is 3.05. The third kappa shape index (κ3) is 3.81. The van der Waals surface area contributed by atoms with Gasteiger partial charge in [0.05, 0.1) is 12.6 Å². The monoisotopic (exact) mass is 349 g/mol. The van der Waals surface area contributed by atoms with Crippen LogP contribution < -0.4 is 5.32 Å². The lowest BCUT2D eigenvalue weighted by atomic mass is 10.1. The largest absolute Gasteiger partial charge is 0.374 e. The molecule has 9 heteroatoms. The lowest BCUT2D eigenvalue weighted by Gasteiger charge is -2.25. The van der Waals surface area contributed by atoms with Gasteiger partial charge in [-0.05, 0) is 26.3 Å². The minimum atomic E-state index is -0.970. The van der Waals surface area contributed by atoms with E-state index in [1.165, 1.54) is 0 Å². The Hall–Kier alpha value is -2.42. The van der Waals surface area contributed by atoms with Crippen molar-refractivity contribution in [3.05, 3.63) is 18.5 Å². The Morgan fingerprint density at radius 2 is 2.24 bits per heavy atom. The van der Waals surface area contributed by atoms with Crippen molar-refractivity contribution in [2.45, 2.75) is 38.5 Å². The molecule has 9 nitrogen and oxygen atoms in total. The Bertz CT molecular complexity index is 657. The van der Waals surface area contributed by atoms with Crippen molar-refractivity contribution in [3.8, 4) is 0 Å². The van der Waals surface area contributed by atoms with Crippen LogP contribution in [0.2, 0.25) is 0 Å². The van der Waals surface area contributed by atoms with E-state index in [1.54, 1.807) is 29.6 Å². The van der Waals surface area contributed by atoms with Crippen LogP contribution in [0.15, 0.2) is 18.5 Å². The summed E-state index contributed by atoms with van der Waals surface area (Å²) in [6, 6.07) is 1.31. The first-order valence-corrected chi connectivity index (χ1v) is 8.38. The molecule has 136 valence electrons. The predicted molar refractivity (Wildman–Crippen MR) is 87.5 cm³/mol. The average Bonchev–Trinajstić information content (AvgIpc) is 3.02. The molecular formula is C16H23N5O4. The number of hydrogen-bond donors (Lipinski definition) is 1. The van der Waals surface area contributed by atoms with Gasteiger partial charge in [-0.1, -0.05) is 0 Å². The quantitative estimate of drug-likeness (QED) is 0.762. The van der Waals surface area contributed by atoms with E-state index < -0.39 is 11.6 Å². The molecule has 3 heterocycles. The van der Waals surface area contributed by atoms with Crippen LogP contribution in [0.1, 0.15) is 20.3 Å². The SMILES string of the molecule is CC1(C)NC(=O)N(CC(=O)N2CCCO[C@@H](Cn3cccn3)C2)C1=O. The Kier molecular flexibility index (Phi) is 4.76. The lowest BCUT2D eigenvalue weighted by molar-refractivity contribution is -0.139. The van der Waals surface area contributed by atoms with Crippen LogP contribution in [0.25, 0.3) is 0 Å². The molecule has 4 amide bonds. The van der Waals surface area contributed by atoms with Crippen LogP contribution in [0.4, 0.5) is 4.79 Å². The van der Waals surface area contributed by atoms with Gasteiger partial charge in [0.15, 0.2) is 0 Å². The van der Waals surface area contributed by atoms with E-state index in [9.17, 15) is 14.4 Å². The average molecular weight is 349 g/mol. The Labute approximate surface area is 145 Å². The molecule has 1 aromatic rings. The summed E-state index contributed by atoms with van der Waals surface area (Å²) in [6.45, 7) is 5.06. The summed E-state index contributed by atoms with van der Waals surface area (Å²) in [5.41, 5.74) is -0.970. The third-order valence-electron chi connectivity index (χ3n) is 4.39. The van der Waals surface area contributed by atoms with Crippen molar-refractivity contribution in [1.29, 1.82) is 0 Å². The second-order valence-electron chi connectivity index (χ2n) is 6.86. The molecule has 1 aromatic heterocycles. The summed E-state index contributed by atoms with van der Waals surface area (Å²) < 4.78 is 7.55. The molecule has 3 rings (SSSR count). The first-order chi connectivity index (χ1) is 11.9. The van der Waals surface area contributed by atoms with Gasteiger partial charge in [0.2, 0.25) is 5.91 Å². The summed E-state index contributed by atoms with van der Waals surface area (Å²) in [4.78, 5) is 39.5. The van der Waals surface area contributed by atoms with E-state index in [-0.39, 0.29) is 24.5 Å². The summed E-state index contributed by atoms with van der Waals surface area (Å²) >= 11 is 0. The van der Waals surface area contributed by atoms with E-state index in [4.69, 9.17) is 4.74 Å². The van der Waals surface area contributed by atoms with Crippen molar-refractivity contribution in [2.75, 3.05) is 26.2 Å². The van der Waals surface area contributed by atoms with Crippen molar-refractivity contribution >= 4 is 17.8 Å². The number of rotatable bonds is 4. The molecule has 25 heavy (non-hydrogen) atoms. The van der Waals surface area contributed by atoms with Crippen LogP contribution in [-0.2, 0) is 20.9 Å². The van der Waals surface area contributed by atoms with Gasteiger partial charge in [-0.3, -0.25) is 19.2 Å². The number of ether oxygens (including phenoxy) is 1. The van der Waals surface area contributed by atoms with E-state index in [0.717, 1.165) is 4.90 Å². The molecule has 2 aliphatic heterocycles. The summed E-state index contributed by atoms with van der Waals surface area (Å²) in [5, 5.41) is 6.74. The number of carbonyl (C=O) groups excluding carboxylic acids is 3. The first kappa shape index (κ1) is 17.4. The molecule has 1 atom stereocenters. The number of hydrogen-bond acceptors (Lipinski definition) is 5. The van der Waals surface area contributed by atoms with E-state index in [0.29, 0.717) is 32.7 Å². The second kappa shape index (κ2) is 6.83. The van der Waals surface area contributed by atoms with E-state index in [1.807, 2.05) is 12.3 Å². The minimum absolute atomic E-state index is 0.175. The van der Waals surface area contributed by atoms with Crippen LogP contribution in [0, 0.1) is 0 Å². The molecule has 0 aromatic carbocycles. The fraction of sp³-hybridized carbons (Fsp3) is 0.625. The van der Waals surface area contributed by atoms with Gasteiger partial charge in [-0.25, -0.2) is 4.79 Å². The number of urea groups is 1. The highest BCUT2D eigenvalue weighted by molar-refractivity contribution is 6.08. The maximum atomic E-state index is 12.6. The van der Waals surface area contributed by atoms with Crippen LogP contribution in [0.3, 0.4) is 0 Å². The molecule has 0 radical (unpaired) electrons. The molecule has 2 aliphatic rings. The van der Waals surface area contributed by atoms with Crippen molar-refractivity contribution < 1.29 is 19.1 Å². The minimum Gasteiger partial charge on any atom is -0.374 e. The summed E-state index contributed by atoms with van der Waals surface area (Å²) in [7, 11) is 0. The smallest absolute Gasteiger partial charge is 0.325 e. The van der Waals surface area contributed by atoms with Crippen molar-refractivity contribution in [2.24, 2.45) is 0 Å². The molecule has 0 bridgehead atoms. The fourth-order valence-electron chi connectivity index (χ4n) is 3.05. The second-order valence-corrected chi connectivity index (χ2v) is 6.86. The Morgan fingerprint density at radius 1 is 1.44 bits per heavy atom. The number of amides is 4. The first-order valence-electron chi connectivity index (χ1n) is 8.38. The summed E-state index contributed by atoms with van der Waals surface area (Å²) in [6.07, 6.45) is 4.08. The number of aromatic nitrogens is 2. The molecular weight excluding hydrogens is 326 g/mol. The number of imide groups is 1. The number of carbonyl (C=O) groups is 3. The van der Waals surface area contributed by atoms with Gasteiger partial charge in [-0.15, -0.1) is 0 Å². The zero-order chi connectivity index (χ0) is 18.0. The zero-order valence-corrected chi connectivity index (χ0v) is 14.5. The van der Waals surface area contributed by atoms with Gasteiger partial charge in [0.1, 0.15) is 12.1 Å². The predicted octanol–water partition coefficient (Wildman–Crippen LogP) is -0.169. The van der Waals surface area contributed by atoms with Crippen LogP contribution in [0.5, 0.6) is 0 Å². The molecule has 2 fully saturated rings. The Morgan fingerprint density at radius 3 is 2.88 bits per heavy atom. The topological polar surface area (TPSA) is 96.8 Å². The Balaban J connectivity index is 1.62. The molecule has 0 saturated carbocycles. The molecule has 1 N–H and O–H groups in total. The molecule has 0 spiro atoms. The van der Waals surface area contributed by atoms with Crippen molar-refractivity contribution in [3.63, 3.8) is 0 Å². The van der Waals surface area contributed by atoms with Crippen molar-refractivity contribution in [1.82, 2.24) is 24.9 Å². The maximum Gasteiger partial charge on any atom is 0.325 e. The molecule has 0 unspecified atom stereocenters. The van der Waals surface area contributed by atoms with Gasteiger partial charge >= 0.3 is 6.03 Å². The third-order valence-corrected chi connectivity index (χ3v) is 4.39. The van der Waals surface area contributed by atoms with Crippen LogP contribution >= 0.6 is 0 Å². The van der Waals surface area contributed by atoms with E-state index >= 15 is 0 Å². The van der Waals surface area contributed by atoms with Gasteiger partial charge in [-0.2, -0.15) is 5.10 Å². The zero-order valence-electron chi connectivity index (χ0n) is 14.5. The van der Waals surface area contributed by atoms with E-state index in [2.05, 4.69) is 10.4 Å². The summed E-state index contributed by atoms with van der Waals surface area (Å²) in [5.74, 6) is -0.637. The van der Waals surface area contributed by atoms with Gasteiger partial charge in [0, 0.05) is 32.1 Å². The van der Waals surface area contributed by atoms with Gasteiger partial charge in [0.25, 0.3) is 5.91 Å². The highest BCUT2D eigenvalue weighted by Gasteiger charge is 2.45. The normalized spacial score (nSPS) is 23.5. The highest BCUT2D eigenvalue weighted by atomic mass is 16.5. The highest BCUT2D eigenvalue weighted by Crippen LogP contribution is 2.17. The maximum absolute atomic E-state index is 12.6. The van der Waals surface area contributed by atoms with Crippen LogP contribution in [-0.4, -0.2) is 75.3 Å². The standard InChI is InChI=1S/C16H23N5O4/c1-16(2)14(23)21(15(24)18-16)11-13(22)19-6-4-8-25-12(9-19)10-20-7-3-5-17-20/h3,5,7,12H,4,6,8-11H2,1-2H3,(H,18,24)/t12-/m1/s1. The lowest BCUT2D eigenvalue weighted by Crippen LogP contribution is -2.46.